The van der Waals surface area contributed by atoms with Crippen LogP contribution < -0.4 is 4.72 Å². The number of rotatable bonds is 6. The Bertz CT molecular complexity index is 682. The monoisotopic (exact) mass is 305 g/mol. The van der Waals surface area contributed by atoms with E-state index in [0.29, 0.717) is 17.7 Å². The third-order valence-electron chi connectivity index (χ3n) is 3.14. The molecule has 0 bridgehead atoms. The topological polar surface area (TPSA) is 66.4 Å². The van der Waals surface area contributed by atoms with Gasteiger partial charge in [0.2, 0.25) is 10.0 Å². The van der Waals surface area contributed by atoms with Crippen molar-refractivity contribution in [3.63, 3.8) is 0 Å². The van der Waals surface area contributed by atoms with E-state index in [2.05, 4.69) is 4.72 Å². The Morgan fingerprint density at radius 1 is 1.10 bits per heavy atom. The Balaban J connectivity index is 2.02. The van der Waals surface area contributed by atoms with Crippen LogP contribution in [-0.4, -0.2) is 19.3 Å². The maximum Gasteiger partial charge on any atom is 0.233 e. The number of benzene rings is 2. The van der Waals surface area contributed by atoms with E-state index >= 15 is 0 Å². The summed E-state index contributed by atoms with van der Waals surface area (Å²) in [7, 11) is -3.41. The zero-order chi connectivity index (χ0) is 15.3. The summed E-state index contributed by atoms with van der Waals surface area (Å²) in [6, 6.07) is 16.3. The van der Waals surface area contributed by atoms with E-state index in [1.54, 1.807) is 31.2 Å². The van der Waals surface area contributed by atoms with Crippen molar-refractivity contribution in [3.8, 4) is 0 Å². The van der Waals surface area contributed by atoms with Crippen molar-refractivity contribution in [2.75, 3.05) is 10.5 Å². The second-order valence-electron chi connectivity index (χ2n) is 4.96. The molecular weight excluding hydrogens is 286 g/mol. The Morgan fingerprint density at radius 3 is 2.48 bits per heavy atom. The number of aliphatic hydroxyl groups is 1. The van der Waals surface area contributed by atoms with Crippen LogP contribution in [0.15, 0.2) is 54.6 Å². The van der Waals surface area contributed by atoms with Crippen molar-refractivity contribution in [2.45, 2.75) is 19.4 Å². The maximum atomic E-state index is 12.1. The minimum Gasteiger partial charge on any atom is -0.389 e. The molecule has 0 amide bonds. The van der Waals surface area contributed by atoms with E-state index < -0.39 is 16.1 Å². The van der Waals surface area contributed by atoms with Gasteiger partial charge in [-0.25, -0.2) is 8.42 Å². The zero-order valence-corrected chi connectivity index (χ0v) is 12.7. The lowest BCUT2D eigenvalue weighted by Gasteiger charge is -2.10. The molecule has 112 valence electrons. The van der Waals surface area contributed by atoms with Crippen molar-refractivity contribution in [3.05, 3.63) is 65.7 Å². The highest BCUT2D eigenvalue weighted by Crippen LogP contribution is 2.18. The number of hydrogen-bond acceptors (Lipinski definition) is 3. The van der Waals surface area contributed by atoms with Crippen molar-refractivity contribution in [1.82, 2.24) is 0 Å². The standard InChI is InChI=1S/C16H19NO3S/c1-13(18)15-8-5-9-16(12-15)17-21(19,20)11-10-14-6-3-2-4-7-14/h2-9,12-13,17-18H,10-11H2,1H3. The molecule has 0 spiro atoms. The molecule has 5 heteroatoms. The number of nitrogens with one attached hydrogen (secondary N) is 1. The van der Waals surface area contributed by atoms with Crippen LogP contribution in [0.2, 0.25) is 0 Å². The first-order valence-electron chi connectivity index (χ1n) is 6.79. The van der Waals surface area contributed by atoms with E-state index in [-0.39, 0.29) is 5.75 Å². The fourth-order valence-corrected chi connectivity index (χ4v) is 3.08. The van der Waals surface area contributed by atoms with E-state index in [0.717, 1.165) is 5.56 Å². The molecule has 0 aliphatic carbocycles. The Hall–Kier alpha value is -1.85. The van der Waals surface area contributed by atoms with Gasteiger partial charge in [-0.2, -0.15) is 0 Å². The van der Waals surface area contributed by atoms with Gasteiger partial charge in [-0.15, -0.1) is 0 Å². The average molecular weight is 305 g/mol. The van der Waals surface area contributed by atoms with Crippen LogP contribution in [0.25, 0.3) is 0 Å². The molecule has 2 rings (SSSR count). The molecule has 2 aromatic rings. The van der Waals surface area contributed by atoms with Crippen LogP contribution >= 0.6 is 0 Å². The molecule has 0 heterocycles. The first-order chi connectivity index (χ1) is 9.96. The predicted molar refractivity (Wildman–Crippen MR) is 84.6 cm³/mol. The number of aryl methyl sites for hydroxylation is 1. The van der Waals surface area contributed by atoms with Crippen LogP contribution in [0.3, 0.4) is 0 Å². The summed E-state index contributed by atoms with van der Waals surface area (Å²) in [4.78, 5) is 0. The van der Waals surface area contributed by atoms with Gasteiger partial charge in [0, 0.05) is 5.69 Å². The molecular formula is C16H19NO3S. The van der Waals surface area contributed by atoms with Gasteiger partial charge in [-0.3, -0.25) is 4.72 Å². The molecule has 0 saturated carbocycles. The summed E-state index contributed by atoms with van der Waals surface area (Å²) in [5, 5.41) is 9.52. The van der Waals surface area contributed by atoms with Crippen LogP contribution in [0.5, 0.6) is 0 Å². The highest BCUT2D eigenvalue weighted by atomic mass is 32.2. The first-order valence-corrected chi connectivity index (χ1v) is 8.44. The summed E-state index contributed by atoms with van der Waals surface area (Å²) in [6.07, 6.45) is -0.162. The molecule has 1 unspecified atom stereocenters. The normalized spacial score (nSPS) is 12.9. The maximum absolute atomic E-state index is 12.1. The number of aliphatic hydroxyl groups excluding tert-OH is 1. The van der Waals surface area contributed by atoms with E-state index in [9.17, 15) is 13.5 Å². The first kappa shape index (κ1) is 15.5. The molecule has 2 N–H and O–H groups in total. The minimum absolute atomic E-state index is 0.0237. The highest BCUT2D eigenvalue weighted by molar-refractivity contribution is 7.92. The number of anilines is 1. The number of sulfonamides is 1. The van der Waals surface area contributed by atoms with E-state index in [1.807, 2.05) is 30.3 Å². The van der Waals surface area contributed by atoms with Crippen molar-refractivity contribution in [1.29, 1.82) is 0 Å². The molecule has 1 atom stereocenters. The second-order valence-corrected chi connectivity index (χ2v) is 6.80. The largest absolute Gasteiger partial charge is 0.389 e. The molecule has 0 fully saturated rings. The molecule has 0 aliphatic heterocycles. The van der Waals surface area contributed by atoms with E-state index in [4.69, 9.17) is 0 Å². The van der Waals surface area contributed by atoms with Crippen molar-refractivity contribution in [2.24, 2.45) is 0 Å². The van der Waals surface area contributed by atoms with Gasteiger partial charge < -0.3 is 5.11 Å². The van der Waals surface area contributed by atoms with Crippen LogP contribution in [-0.2, 0) is 16.4 Å². The molecule has 0 saturated heterocycles. The molecule has 0 radical (unpaired) electrons. The summed E-state index contributed by atoms with van der Waals surface area (Å²) in [5.41, 5.74) is 2.14. The molecule has 2 aromatic carbocycles. The molecule has 0 aliphatic rings. The molecule has 21 heavy (non-hydrogen) atoms. The fourth-order valence-electron chi connectivity index (χ4n) is 1.99. The SMILES string of the molecule is CC(O)c1cccc(NS(=O)(=O)CCc2ccccc2)c1. The zero-order valence-electron chi connectivity index (χ0n) is 11.9. The Morgan fingerprint density at radius 2 is 1.81 bits per heavy atom. The Kier molecular flexibility index (Phi) is 4.98. The lowest BCUT2D eigenvalue weighted by atomic mass is 10.1. The fraction of sp³-hybridized carbons (Fsp3) is 0.250. The summed E-state index contributed by atoms with van der Waals surface area (Å²) in [6.45, 7) is 1.64. The molecule has 0 aromatic heterocycles. The summed E-state index contributed by atoms with van der Waals surface area (Å²) < 4.78 is 26.7. The van der Waals surface area contributed by atoms with Gasteiger partial charge in [-0.05, 0) is 36.6 Å². The van der Waals surface area contributed by atoms with Gasteiger partial charge in [0.15, 0.2) is 0 Å². The van der Waals surface area contributed by atoms with Crippen molar-refractivity contribution < 1.29 is 13.5 Å². The van der Waals surface area contributed by atoms with Crippen LogP contribution in [0.4, 0.5) is 5.69 Å². The quantitative estimate of drug-likeness (QED) is 0.862. The lowest BCUT2D eigenvalue weighted by molar-refractivity contribution is 0.199. The smallest absolute Gasteiger partial charge is 0.233 e. The number of hydrogen-bond donors (Lipinski definition) is 2. The van der Waals surface area contributed by atoms with Gasteiger partial charge in [0.25, 0.3) is 0 Å². The van der Waals surface area contributed by atoms with E-state index in [1.165, 1.54) is 0 Å². The second kappa shape index (κ2) is 6.74. The summed E-state index contributed by atoms with van der Waals surface area (Å²) >= 11 is 0. The van der Waals surface area contributed by atoms with Crippen LogP contribution in [0, 0.1) is 0 Å². The molecule has 4 nitrogen and oxygen atoms in total. The van der Waals surface area contributed by atoms with Crippen LogP contribution in [0.1, 0.15) is 24.2 Å². The third-order valence-corrected chi connectivity index (χ3v) is 4.43. The highest BCUT2D eigenvalue weighted by Gasteiger charge is 2.11. The predicted octanol–water partition coefficient (Wildman–Crippen LogP) is 2.72. The average Bonchev–Trinajstić information content (AvgIpc) is 2.46. The Labute approximate surface area is 125 Å². The summed E-state index contributed by atoms with van der Waals surface area (Å²) in [5.74, 6) is 0.0237. The van der Waals surface area contributed by atoms with Gasteiger partial charge in [0.1, 0.15) is 0 Å². The van der Waals surface area contributed by atoms with Gasteiger partial charge >= 0.3 is 0 Å². The lowest BCUT2D eigenvalue weighted by Crippen LogP contribution is -2.18. The van der Waals surface area contributed by atoms with Gasteiger partial charge in [-0.1, -0.05) is 42.5 Å². The minimum atomic E-state index is -3.41. The van der Waals surface area contributed by atoms with Gasteiger partial charge in [0.05, 0.1) is 11.9 Å². The third kappa shape index (κ3) is 4.88. The van der Waals surface area contributed by atoms with Crippen molar-refractivity contribution >= 4 is 15.7 Å².